The molecule has 7 heteroatoms. The Kier molecular flexibility index (Phi) is 9.38. The van der Waals surface area contributed by atoms with Crippen LogP contribution >= 0.6 is 0 Å². The van der Waals surface area contributed by atoms with Crippen LogP contribution in [0.15, 0.2) is 29.3 Å². The molecule has 0 spiro atoms. The highest BCUT2D eigenvalue weighted by Crippen LogP contribution is 2.12. The molecule has 152 valence electrons. The quantitative estimate of drug-likeness (QED) is 0.422. The Balaban J connectivity index is 1.73. The predicted molar refractivity (Wildman–Crippen MR) is 106 cm³/mol. The van der Waals surface area contributed by atoms with Crippen LogP contribution in [0.1, 0.15) is 25.8 Å². The molecule has 1 aromatic rings. The van der Waals surface area contributed by atoms with Crippen LogP contribution in [0.2, 0.25) is 0 Å². The average Bonchev–Trinajstić information content (AvgIpc) is 3.17. The van der Waals surface area contributed by atoms with Crippen molar-refractivity contribution < 1.29 is 19.3 Å². The molecule has 27 heavy (non-hydrogen) atoms. The molecule has 3 atom stereocenters. The number of benzene rings is 1. The summed E-state index contributed by atoms with van der Waals surface area (Å²) in [6.07, 6.45) is 0.464. The molecule has 1 heterocycles. The van der Waals surface area contributed by atoms with Crippen LogP contribution in [-0.2, 0) is 9.47 Å². The number of hydrogen-bond donors (Lipinski definition) is 3. The van der Waals surface area contributed by atoms with Crippen LogP contribution in [-0.4, -0.2) is 68.8 Å². The summed E-state index contributed by atoms with van der Waals surface area (Å²) >= 11 is 0. The zero-order chi connectivity index (χ0) is 19.5. The molecule has 7 nitrogen and oxygen atoms in total. The van der Waals surface area contributed by atoms with E-state index < -0.39 is 6.10 Å². The molecule has 2 rings (SSSR count). The highest BCUT2D eigenvalue weighted by Gasteiger charge is 2.17. The molecule has 0 aliphatic carbocycles. The number of aliphatic hydroxyl groups is 1. The third kappa shape index (κ3) is 8.60. The third-order valence-corrected chi connectivity index (χ3v) is 4.09. The number of rotatable bonds is 10. The molecule has 0 amide bonds. The summed E-state index contributed by atoms with van der Waals surface area (Å²) in [5.74, 6) is 1.41. The van der Waals surface area contributed by atoms with E-state index in [0.29, 0.717) is 19.2 Å². The maximum absolute atomic E-state index is 10.2. The van der Waals surface area contributed by atoms with Gasteiger partial charge < -0.3 is 30.0 Å². The highest BCUT2D eigenvalue weighted by molar-refractivity contribution is 5.80. The molecule has 1 fully saturated rings. The Bertz CT molecular complexity index is 576. The van der Waals surface area contributed by atoms with Gasteiger partial charge in [0, 0.05) is 19.2 Å². The summed E-state index contributed by atoms with van der Waals surface area (Å²) in [5.41, 5.74) is 1.12. The third-order valence-electron chi connectivity index (χ3n) is 4.09. The van der Waals surface area contributed by atoms with E-state index in [1.165, 1.54) is 0 Å². The van der Waals surface area contributed by atoms with Gasteiger partial charge in [-0.05, 0) is 44.9 Å². The second-order valence-electron chi connectivity index (χ2n) is 6.87. The van der Waals surface area contributed by atoms with Gasteiger partial charge in [-0.15, -0.1) is 0 Å². The Morgan fingerprint density at radius 1 is 1.41 bits per heavy atom. The van der Waals surface area contributed by atoms with E-state index in [4.69, 9.17) is 14.2 Å². The minimum absolute atomic E-state index is 0.101. The molecule has 3 N–H and O–H groups in total. The lowest BCUT2D eigenvalue weighted by atomic mass is 10.2. The smallest absolute Gasteiger partial charge is 0.191 e. The van der Waals surface area contributed by atoms with Crippen LogP contribution < -0.4 is 15.4 Å². The maximum atomic E-state index is 10.2. The molecule has 0 radical (unpaired) electrons. The van der Waals surface area contributed by atoms with Gasteiger partial charge in [0.2, 0.25) is 0 Å². The Labute approximate surface area is 162 Å². The van der Waals surface area contributed by atoms with Gasteiger partial charge in [0.1, 0.15) is 18.5 Å². The fourth-order valence-corrected chi connectivity index (χ4v) is 2.67. The van der Waals surface area contributed by atoms with Crippen LogP contribution in [0.25, 0.3) is 0 Å². The monoisotopic (exact) mass is 379 g/mol. The summed E-state index contributed by atoms with van der Waals surface area (Å²) in [7, 11) is 0. The molecule has 1 aromatic carbocycles. The minimum Gasteiger partial charge on any atom is -0.491 e. The number of aliphatic imine (C=N–C) groups is 1. The predicted octanol–water partition coefficient (Wildman–Crippen LogP) is 1.48. The van der Waals surface area contributed by atoms with E-state index in [1.54, 1.807) is 0 Å². The van der Waals surface area contributed by atoms with E-state index in [0.717, 1.165) is 30.9 Å². The summed E-state index contributed by atoms with van der Waals surface area (Å²) in [4.78, 5) is 4.45. The van der Waals surface area contributed by atoms with Crippen molar-refractivity contribution in [2.24, 2.45) is 4.99 Å². The first-order valence-electron chi connectivity index (χ1n) is 9.68. The summed E-state index contributed by atoms with van der Waals surface area (Å²) < 4.78 is 16.8. The van der Waals surface area contributed by atoms with Crippen LogP contribution in [0, 0.1) is 6.92 Å². The lowest BCUT2D eigenvalue weighted by Crippen LogP contribution is -2.45. The highest BCUT2D eigenvalue weighted by atomic mass is 16.5. The zero-order valence-corrected chi connectivity index (χ0v) is 16.6. The van der Waals surface area contributed by atoms with E-state index >= 15 is 0 Å². The second-order valence-corrected chi connectivity index (χ2v) is 6.87. The number of aliphatic hydroxyl groups excluding tert-OH is 1. The first-order chi connectivity index (χ1) is 13.1. The molecule has 0 aromatic heterocycles. The summed E-state index contributed by atoms with van der Waals surface area (Å²) in [6, 6.07) is 7.87. The van der Waals surface area contributed by atoms with Crippen LogP contribution in [0.4, 0.5) is 0 Å². The number of hydrogen-bond acceptors (Lipinski definition) is 5. The fourth-order valence-electron chi connectivity index (χ4n) is 2.67. The van der Waals surface area contributed by atoms with Gasteiger partial charge in [-0.25, -0.2) is 0 Å². The van der Waals surface area contributed by atoms with Crippen LogP contribution in [0.5, 0.6) is 5.75 Å². The number of guanidine groups is 1. The summed E-state index contributed by atoms with van der Waals surface area (Å²) in [5, 5.41) is 16.6. The van der Waals surface area contributed by atoms with Gasteiger partial charge in [-0.3, -0.25) is 4.99 Å². The van der Waals surface area contributed by atoms with Crippen molar-refractivity contribution in [3.8, 4) is 5.75 Å². The van der Waals surface area contributed by atoms with Gasteiger partial charge in [0.25, 0.3) is 0 Å². The molecule has 0 saturated carbocycles. The molecule has 0 bridgehead atoms. The molecule has 3 unspecified atom stereocenters. The molecule has 1 aliphatic rings. The summed E-state index contributed by atoms with van der Waals surface area (Å²) in [6.45, 7) is 9.28. The maximum Gasteiger partial charge on any atom is 0.191 e. The number of nitrogens with zero attached hydrogens (tertiary/aromatic N) is 1. The topological polar surface area (TPSA) is 84.3 Å². The largest absolute Gasteiger partial charge is 0.491 e. The number of nitrogens with one attached hydrogen (secondary N) is 2. The van der Waals surface area contributed by atoms with Gasteiger partial charge in [-0.1, -0.05) is 12.1 Å². The Hall–Kier alpha value is -1.83. The normalized spacial score (nSPS) is 19.6. The molecule has 1 aliphatic heterocycles. The van der Waals surface area contributed by atoms with Crippen molar-refractivity contribution in [1.29, 1.82) is 0 Å². The van der Waals surface area contributed by atoms with Gasteiger partial charge in [-0.2, -0.15) is 0 Å². The lowest BCUT2D eigenvalue weighted by Gasteiger charge is -2.20. The second kappa shape index (κ2) is 11.8. The average molecular weight is 380 g/mol. The van der Waals surface area contributed by atoms with Crippen LogP contribution in [0.3, 0.4) is 0 Å². The SMILES string of the molecule is CCNC(=NCC(O)COc1cccc(C)c1)NC(C)COC1CCOC1. The van der Waals surface area contributed by atoms with Crippen molar-refractivity contribution in [2.45, 2.75) is 45.4 Å². The minimum atomic E-state index is -0.678. The van der Waals surface area contributed by atoms with Crippen molar-refractivity contribution in [3.63, 3.8) is 0 Å². The van der Waals surface area contributed by atoms with E-state index in [2.05, 4.69) is 15.6 Å². The van der Waals surface area contributed by atoms with Crippen molar-refractivity contribution in [1.82, 2.24) is 10.6 Å². The van der Waals surface area contributed by atoms with E-state index in [-0.39, 0.29) is 25.3 Å². The fraction of sp³-hybridized carbons (Fsp3) is 0.650. The van der Waals surface area contributed by atoms with Gasteiger partial charge >= 0.3 is 0 Å². The van der Waals surface area contributed by atoms with E-state index in [1.807, 2.05) is 45.0 Å². The number of aryl methyl sites for hydroxylation is 1. The lowest BCUT2D eigenvalue weighted by molar-refractivity contribution is 0.0347. The van der Waals surface area contributed by atoms with Crippen molar-refractivity contribution in [2.75, 3.05) is 39.5 Å². The van der Waals surface area contributed by atoms with E-state index in [9.17, 15) is 5.11 Å². The Morgan fingerprint density at radius 3 is 2.96 bits per heavy atom. The van der Waals surface area contributed by atoms with Gasteiger partial charge in [0.15, 0.2) is 5.96 Å². The standard InChI is InChI=1S/C20H33N3O4/c1-4-21-20(23-16(3)12-26-19-8-9-25-14-19)22-11-17(24)13-27-18-7-5-6-15(2)10-18/h5-7,10,16-17,19,24H,4,8-9,11-14H2,1-3H3,(H2,21,22,23). The van der Waals surface area contributed by atoms with Crippen molar-refractivity contribution in [3.05, 3.63) is 29.8 Å². The first kappa shape index (κ1) is 21.5. The molecular formula is C20H33N3O4. The van der Waals surface area contributed by atoms with Gasteiger partial charge in [0.05, 0.1) is 25.9 Å². The van der Waals surface area contributed by atoms with Crippen molar-refractivity contribution >= 4 is 5.96 Å². The number of ether oxygens (including phenoxy) is 3. The molecule has 1 saturated heterocycles. The Morgan fingerprint density at radius 2 is 2.26 bits per heavy atom. The molecular weight excluding hydrogens is 346 g/mol. The first-order valence-corrected chi connectivity index (χ1v) is 9.68. The zero-order valence-electron chi connectivity index (χ0n) is 16.6.